The van der Waals surface area contributed by atoms with Gasteiger partial charge < -0.3 is 10.1 Å². The Balaban J connectivity index is 1.40. The fraction of sp³-hybridized carbons (Fsp3) is 0.269. The number of hydrogen-bond donors (Lipinski definition) is 1. The second-order valence-corrected chi connectivity index (χ2v) is 10.8. The number of carbonyl (C=O) groups is 1. The minimum absolute atomic E-state index is 0.0265. The van der Waals surface area contributed by atoms with E-state index in [1.54, 1.807) is 24.3 Å². The fourth-order valence-electron chi connectivity index (χ4n) is 4.01. The topological polar surface area (TPSA) is 75.7 Å². The van der Waals surface area contributed by atoms with Gasteiger partial charge in [0.15, 0.2) is 0 Å². The number of carbonyl (C=O) groups excluding carboxylic acids is 1. The number of hydrogen-bond acceptors (Lipinski definition) is 4. The minimum Gasteiger partial charge on any atom is -0.489 e. The quantitative estimate of drug-likeness (QED) is 0.380. The number of rotatable bonds is 8. The molecule has 0 bridgehead atoms. The molecule has 1 aliphatic rings. The van der Waals surface area contributed by atoms with Crippen LogP contribution in [0, 0.1) is 5.82 Å². The number of benzene rings is 3. The van der Waals surface area contributed by atoms with E-state index in [2.05, 4.69) is 5.32 Å². The monoisotopic (exact) mass is 572 g/mol. The van der Waals surface area contributed by atoms with Crippen molar-refractivity contribution in [3.8, 4) is 5.75 Å². The summed E-state index contributed by atoms with van der Waals surface area (Å²) in [6.45, 7) is -1.36. The third-order valence-corrected chi connectivity index (χ3v) is 7.87. The highest BCUT2D eigenvalue weighted by atomic mass is 32.2. The van der Waals surface area contributed by atoms with Crippen LogP contribution in [-0.4, -0.2) is 37.1 Å². The molecule has 6 nitrogen and oxygen atoms in total. The van der Waals surface area contributed by atoms with Gasteiger partial charge in [-0.3, -0.25) is 4.79 Å². The van der Waals surface area contributed by atoms with E-state index in [1.807, 2.05) is 0 Å². The van der Waals surface area contributed by atoms with E-state index in [1.165, 1.54) is 12.1 Å². The second-order valence-electron chi connectivity index (χ2n) is 8.93. The lowest BCUT2D eigenvalue weighted by molar-refractivity contribution is -0.137. The molecular formula is C26H22F6N2O4S. The van der Waals surface area contributed by atoms with Crippen molar-refractivity contribution >= 4 is 15.9 Å². The summed E-state index contributed by atoms with van der Waals surface area (Å²) in [7, 11) is -4.51. The molecule has 13 heteroatoms. The van der Waals surface area contributed by atoms with Crippen molar-refractivity contribution in [1.29, 1.82) is 0 Å². The average Bonchev–Trinajstić information content (AvgIpc) is 3.22. The zero-order chi connectivity index (χ0) is 28.4. The van der Waals surface area contributed by atoms with Gasteiger partial charge in [0.2, 0.25) is 15.9 Å². The summed E-state index contributed by atoms with van der Waals surface area (Å²) in [5.41, 5.74) is 0.213. The number of ether oxygens (including phenoxy) is 1. The van der Waals surface area contributed by atoms with Gasteiger partial charge in [-0.25, -0.2) is 21.6 Å². The van der Waals surface area contributed by atoms with Crippen molar-refractivity contribution in [2.75, 3.05) is 6.54 Å². The normalized spacial score (nSPS) is 17.6. The summed E-state index contributed by atoms with van der Waals surface area (Å²) < 4.78 is 112. The molecule has 1 saturated heterocycles. The van der Waals surface area contributed by atoms with Crippen molar-refractivity contribution in [3.63, 3.8) is 0 Å². The Bertz CT molecular complexity index is 1430. The van der Waals surface area contributed by atoms with E-state index in [4.69, 9.17) is 4.74 Å². The Kier molecular flexibility index (Phi) is 7.94. The van der Waals surface area contributed by atoms with Crippen LogP contribution in [0.5, 0.6) is 5.75 Å². The standard InChI is InChI=1S/C26H22F6N2O4S/c27-20-8-10-22(11-9-20)39(36,37)34-16-25(28,29)13-23(34)24(35)33-14-18-2-1-3-21(12-18)38-15-17-4-6-19(7-5-17)26(30,31)32/h1-12,23H,13-16H2,(H,33,35)/t23-/m0/s1. The van der Waals surface area contributed by atoms with E-state index in [9.17, 15) is 39.6 Å². The molecule has 1 fully saturated rings. The van der Waals surface area contributed by atoms with Crippen molar-refractivity contribution < 1.29 is 44.3 Å². The molecule has 0 unspecified atom stereocenters. The maximum Gasteiger partial charge on any atom is 0.416 e. The van der Waals surface area contributed by atoms with Crippen molar-refractivity contribution in [2.45, 2.75) is 42.6 Å². The van der Waals surface area contributed by atoms with E-state index < -0.39 is 63.3 Å². The highest BCUT2D eigenvalue weighted by Crippen LogP contribution is 2.36. The number of halogens is 6. The lowest BCUT2D eigenvalue weighted by Gasteiger charge is -2.22. The molecule has 3 aromatic carbocycles. The molecule has 0 saturated carbocycles. The molecule has 0 aromatic heterocycles. The number of alkyl halides is 5. The highest BCUT2D eigenvalue weighted by molar-refractivity contribution is 7.89. The third kappa shape index (κ3) is 6.90. The number of nitrogens with zero attached hydrogens (tertiary/aromatic N) is 1. The molecule has 0 aliphatic carbocycles. The van der Waals surface area contributed by atoms with E-state index in [0.717, 1.165) is 36.4 Å². The Hall–Kier alpha value is -3.58. The molecule has 1 amide bonds. The lowest BCUT2D eigenvalue weighted by Crippen LogP contribution is -2.45. The summed E-state index contributed by atoms with van der Waals surface area (Å²) >= 11 is 0. The van der Waals surface area contributed by atoms with Crippen LogP contribution >= 0.6 is 0 Å². The molecule has 39 heavy (non-hydrogen) atoms. The molecule has 208 valence electrons. The van der Waals surface area contributed by atoms with Crippen LogP contribution in [0.4, 0.5) is 26.3 Å². The van der Waals surface area contributed by atoms with Crippen LogP contribution < -0.4 is 10.1 Å². The summed E-state index contributed by atoms with van der Waals surface area (Å²) in [5.74, 6) is -4.75. The summed E-state index contributed by atoms with van der Waals surface area (Å²) in [4.78, 5) is 12.4. The van der Waals surface area contributed by atoms with Gasteiger partial charge in [0.05, 0.1) is 17.0 Å². The Morgan fingerprint density at radius 3 is 2.31 bits per heavy atom. The van der Waals surface area contributed by atoms with Gasteiger partial charge in [-0.15, -0.1) is 0 Å². The van der Waals surface area contributed by atoms with Crippen LogP contribution in [-0.2, 0) is 34.1 Å². The van der Waals surface area contributed by atoms with E-state index >= 15 is 0 Å². The molecule has 1 atom stereocenters. The van der Waals surface area contributed by atoms with Crippen molar-refractivity contribution in [2.24, 2.45) is 0 Å². The molecule has 1 N–H and O–H groups in total. The molecule has 1 heterocycles. The first kappa shape index (κ1) is 28.4. The SMILES string of the molecule is O=C(NCc1cccc(OCc2ccc(C(F)(F)F)cc2)c1)[C@@H]1CC(F)(F)CN1S(=O)(=O)c1ccc(F)cc1. The minimum atomic E-state index is -4.51. The van der Waals surface area contributed by atoms with Crippen molar-refractivity contribution in [1.82, 2.24) is 9.62 Å². The average molecular weight is 573 g/mol. The van der Waals surface area contributed by atoms with Crippen LogP contribution in [0.25, 0.3) is 0 Å². The zero-order valence-electron chi connectivity index (χ0n) is 20.1. The molecule has 4 rings (SSSR count). The first-order chi connectivity index (χ1) is 18.2. The number of sulfonamides is 1. The highest BCUT2D eigenvalue weighted by Gasteiger charge is 2.52. The maximum atomic E-state index is 14.2. The second kappa shape index (κ2) is 10.9. The van der Waals surface area contributed by atoms with E-state index in [-0.39, 0.29) is 13.2 Å². The lowest BCUT2D eigenvalue weighted by atomic mass is 10.1. The smallest absolute Gasteiger partial charge is 0.416 e. The first-order valence-electron chi connectivity index (χ1n) is 11.6. The maximum absolute atomic E-state index is 14.2. The largest absolute Gasteiger partial charge is 0.489 e. The molecular weight excluding hydrogens is 550 g/mol. The van der Waals surface area contributed by atoms with E-state index in [0.29, 0.717) is 21.2 Å². The first-order valence-corrected chi connectivity index (χ1v) is 13.0. The van der Waals surface area contributed by atoms with Gasteiger partial charge >= 0.3 is 6.18 Å². The summed E-state index contributed by atoms with van der Waals surface area (Å²) in [6, 6.07) is 12.7. The Morgan fingerprint density at radius 2 is 1.67 bits per heavy atom. The summed E-state index contributed by atoms with van der Waals surface area (Å²) in [6.07, 6.45) is -5.47. The van der Waals surface area contributed by atoms with Gasteiger partial charge in [-0.2, -0.15) is 17.5 Å². The summed E-state index contributed by atoms with van der Waals surface area (Å²) in [5, 5.41) is 2.46. The predicted molar refractivity (Wildman–Crippen MR) is 128 cm³/mol. The van der Waals surface area contributed by atoms with Gasteiger partial charge in [0.1, 0.15) is 24.2 Å². The molecule has 0 spiro atoms. The molecule has 1 aliphatic heterocycles. The zero-order valence-corrected chi connectivity index (χ0v) is 20.9. The van der Waals surface area contributed by atoms with Gasteiger partial charge in [-0.05, 0) is 59.7 Å². The molecule has 3 aromatic rings. The van der Waals surface area contributed by atoms with Gasteiger partial charge in [0, 0.05) is 13.0 Å². The van der Waals surface area contributed by atoms with Gasteiger partial charge in [0.25, 0.3) is 5.92 Å². The number of amides is 1. The van der Waals surface area contributed by atoms with Crippen LogP contribution in [0.1, 0.15) is 23.1 Å². The van der Waals surface area contributed by atoms with Crippen LogP contribution in [0.3, 0.4) is 0 Å². The predicted octanol–water partition coefficient (Wildman–Crippen LogP) is 5.14. The van der Waals surface area contributed by atoms with Crippen LogP contribution in [0.15, 0.2) is 77.7 Å². The molecule has 0 radical (unpaired) electrons. The Morgan fingerprint density at radius 1 is 1.00 bits per heavy atom. The fourth-order valence-corrected chi connectivity index (χ4v) is 5.63. The third-order valence-electron chi connectivity index (χ3n) is 6.00. The van der Waals surface area contributed by atoms with Crippen molar-refractivity contribution in [3.05, 3.63) is 95.3 Å². The Labute approximate surface area is 220 Å². The number of nitrogens with one attached hydrogen (secondary N) is 1. The van der Waals surface area contributed by atoms with Gasteiger partial charge in [-0.1, -0.05) is 24.3 Å². The van der Waals surface area contributed by atoms with Crippen LogP contribution in [0.2, 0.25) is 0 Å².